The van der Waals surface area contributed by atoms with Crippen molar-refractivity contribution in [1.82, 2.24) is 9.88 Å². The van der Waals surface area contributed by atoms with E-state index < -0.39 is 53.1 Å². The van der Waals surface area contributed by atoms with Crippen molar-refractivity contribution in [3.05, 3.63) is 54.6 Å². The molecule has 2 heterocycles. The third-order valence-electron chi connectivity index (χ3n) is 5.92. The Kier molecular flexibility index (Phi) is 8.36. The number of rotatable bonds is 6. The Balaban J connectivity index is 1.40. The lowest BCUT2D eigenvalue weighted by Gasteiger charge is -2.23. The SMILES string of the molecule is CC(C)(C)OC(=O)Nc1ccc(NC(=O)/C=C/C(=O)N=Nc2cccc3c(O)n(C4CCC(=O)NC4=O)c(O)c23)cc1. The number of hydrogen-bond acceptors (Lipinski definition) is 9. The van der Waals surface area contributed by atoms with Crippen molar-refractivity contribution < 1.29 is 38.9 Å². The van der Waals surface area contributed by atoms with E-state index in [-0.39, 0.29) is 29.3 Å². The maximum absolute atomic E-state index is 12.3. The van der Waals surface area contributed by atoms with Gasteiger partial charge in [-0.05, 0) is 63.6 Å². The molecule has 5 amide bonds. The zero-order valence-electron chi connectivity index (χ0n) is 22.9. The van der Waals surface area contributed by atoms with Crippen molar-refractivity contribution in [2.75, 3.05) is 10.6 Å². The first-order chi connectivity index (χ1) is 19.8. The minimum atomic E-state index is -1.03. The minimum absolute atomic E-state index is 0.0256. The number of nitrogens with one attached hydrogen (secondary N) is 3. The molecule has 14 heteroatoms. The summed E-state index contributed by atoms with van der Waals surface area (Å²) >= 11 is 0. The fourth-order valence-corrected chi connectivity index (χ4v) is 4.14. The number of fused-ring (bicyclic) bond motifs is 1. The summed E-state index contributed by atoms with van der Waals surface area (Å²) in [5, 5.41) is 36.4. The number of anilines is 2. The van der Waals surface area contributed by atoms with Gasteiger partial charge in [-0.2, -0.15) is 0 Å². The lowest BCUT2D eigenvalue weighted by molar-refractivity contribution is -0.136. The Morgan fingerprint density at radius 1 is 1.00 bits per heavy atom. The number of hydrogen-bond donors (Lipinski definition) is 5. The van der Waals surface area contributed by atoms with Gasteiger partial charge in [0.15, 0.2) is 0 Å². The molecule has 0 saturated carbocycles. The zero-order chi connectivity index (χ0) is 30.6. The molecule has 1 saturated heterocycles. The van der Waals surface area contributed by atoms with Crippen molar-refractivity contribution in [2.45, 2.75) is 45.3 Å². The summed E-state index contributed by atoms with van der Waals surface area (Å²) in [7, 11) is 0. The average molecular weight is 577 g/mol. The average Bonchev–Trinajstić information content (AvgIpc) is 3.16. The predicted molar refractivity (Wildman–Crippen MR) is 150 cm³/mol. The maximum Gasteiger partial charge on any atom is 0.412 e. The first kappa shape index (κ1) is 29.5. The minimum Gasteiger partial charge on any atom is -0.494 e. The number of aromatic nitrogens is 1. The van der Waals surface area contributed by atoms with Crippen LogP contribution in [0.2, 0.25) is 0 Å². The highest BCUT2D eigenvalue weighted by Crippen LogP contribution is 2.44. The number of imide groups is 1. The Bertz CT molecular complexity index is 1630. The molecule has 1 aliphatic rings. The van der Waals surface area contributed by atoms with Gasteiger partial charge in [-0.1, -0.05) is 6.07 Å². The molecule has 1 unspecified atom stereocenters. The van der Waals surface area contributed by atoms with Crippen LogP contribution in [0.3, 0.4) is 0 Å². The summed E-state index contributed by atoms with van der Waals surface area (Å²) in [6, 6.07) is 9.61. The lowest BCUT2D eigenvalue weighted by atomic mass is 10.1. The molecule has 0 aliphatic carbocycles. The Hall–Kier alpha value is -5.53. The first-order valence-electron chi connectivity index (χ1n) is 12.8. The van der Waals surface area contributed by atoms with E-state index in [1.807, 2.05) is 0 Å². The largest absolute Gasteiger partial charge is 0.494 e. The van der Waals surface area contributed by atoms with Gasteiger partial charge in [-0.25, -0.2) is 4.79 Å². The molecule has 1 fully saturated rings. The lowest BCUT2D eigenvalue weighted by Crippen LogP contribution is -2.41. The molecule has 42 heavy (non-hydrogen) atoms. The van der Waals surface area contributed by atoms with E-state index in [1.54, 1.807) is 45.0 Å². The third kappa shape index (κ3) is 6.96. The summed E-state index contributed by atoms with van der Waals surface area (Å²) < 4.78 is 6.18. The fraction of sp³-hybridized carbons (Fsp3) is 0.250. The van der Waals surface area contributed by atoms with Crippen molar-refractivity contribution in [2.24, 2.45) is 10.2 Å². The van der Waals surface area contributed by atoms with Crippen LogP contribution in [-0.4, -0.2) is 50.1 Å². The number of benzene rings is 2. The van der Waals surface area contributed by atoms with Gasteiger partial charge in [0.2, 0.25) is 29.5 Å². The number of ether oxygens (including phenoxy) is 1. The highest BCUT2D eigenvalue weighted by Gasteiger charge is 2.33. The van der Waals surface area contributed by atoms with Gasteiger partial charge in [-0.3, -0.25) is 34.4 Å². The molecule has 14 nitrogen and oxygen atoms in total. The molecular weight excluding hydrogens is 548 g/mol. The topological polar surface area (TPSA) is 201 Å². The second kappa shape index (κ2) is 11.9. The summed E-state index contributed by atoms with van der Waals surface area (Å²) in [5.74, 6) is -3.53. The van der Waals surface area contributed by atoms with Crippen LogP contribution in [0.5, 0.6) is 11.8 Å². The number of piperidine rings is 1. The Labute approximate surface area is 239 Å². The molecule has 0 radical (unpaired) electrons. The van der Waals surface area contributed by atoms with Crippen molar-refractivity contribution in [1.29, 1.82) is 0 Å². The number of aromatic hydroxyl groups is 2. The van der Waals surface area contributed by atoms with Gasteiger partial charge in [0.05, 0.1) is 11.1 Å². The highest BCUT2D eigenvalue weighted by atomic mass is 16.6. The number of carbonyl (C=O) groups is 5. The molecular formula is C28H28N6O8. The van der Waals surface area contributed by atoms with Gasteiger partial charge < -0.3 is 20.3 Å². The molecule has 5 N–H and O–H groups in total. The molecule has 3 aromatic rings. The molecule has 1 atom stereocenters. The van der Waals surface area contributed by atoms with E-state index >= 15 is 0 Å². The fourth-order valence-electron chi connectivity index (χ4n) is 4.14. The molecule has 4 rings (SSSR count). The molecule has 2 aromatic carbocycles. The van der Waals surface area contributed by atoms with Gasteiger partial charge in [-0.15, -0.1) is 10.2 Å². The standard InChI is InChI=1S/C28H28N6O8/c1-28(2,3)42-27(41)30-16-9-7-15(8-10-16)29-20(35)13-14-22(37)33-32-18-6-4-5-17-23(18)26(40)34(25(17)39)19-11-12-21(36)31-24(19)38/h4-10,13-14,19,39-40H,11-12H2,1-3H3,(H,29,35)(H,30,41)(H,31,36,38)/b14-13+,33-32?. The molecule has 0 spiro atoms. The van der Waals surface area contributed by atoms with Gasteiger partial charge in [0.1, 0.15) is 11.6 Å². The van der Waals surface area contributed by atoms with E-state index in [0.29, 0.717) is 11.4 Å². The quantitative estimate of drug-likeness (QED) is 0.163. The van der Waals surface area contributed by atoms with E-state index in [0.717, 1.165) is 16.7 Å². The second-order valence-corrected chi connectivity index (χ2v) is 10.2. The van der Waals surface area contributed by atoms with Crippen molar-refractivity contribution in [3.8, 4) is 11.8 Å². The third-order valence-corrected chi connectivity index (χ3v) is 5.92. The van der Waals surface area contributed by atoms with E-state index in [1.165, 1.54) is 18.2 Å². The molecule has 1 aromatic heterocycles. The Morgan fingerprint density at radius 2 is 1.67 bits per heavy atom. The summed E-state index contributed by atoms with van der Waals surface area (Å²) in [6.45, 7) is 5.22. The van der Waals surface area contributed by atoms with Crippen LogP contribution in [0.15, 0.2) is 64.8 Å². The summed E-state index contributed by atoms with van der Waals surface area (Å²) in [4.78, 5) is 60.1. The molecule has 218 valence electrons. The number of amides is 5. The number of nitrogens with zero attached hydrogens (tertiary/aromatic N) is 3. The van der Waals surface area contributed by atoms with Crippen LogP contribution >= 0.6 is 0 Å². The zero-order valence-corrected chi connectivity index (χ0v) is 22.9. The van der Waals surface area contributed by atoms with Crippen molar-refractivity contribution in [3.63, 3.8) is 0 Å². The van der Waals surface area contributed by atoms with Crippen LogP contribution in [-0.2, 0) is 23.9 Å². The number of azo groups is 1. The summed E-state index contributed by atoms with van der Waals surface area (Å²) in [6.07, 6.45) is 1.33. The van der Waals surface area contributed by atoms with Gasteiger partial charge >= 0.3 is 6.09 Å². The van der Waals surface area contributed by atoms with Gasteiger partial charge in [0.25, 0.3) is 5.91 Å². The summed E-state index contributed by atoms with van der Waals surface area (Å²) in [5.41, 5.74) is 0.229. The number of carbonyl (C=O) groups excluding carboxylic acids is 5. The predicted octanol–water partition coefficient (Wildman–Crippen LogP) is 4.18. The van der Waals surface area contributed by atoms with Crippen molar-refractivity contribution >= 4 is 57.6 Å². The van der Waals surface area contributed by atoms with Crippen LogP contribution < -0.4 is 16.0 Å². The van der Waals surface area contributed by atoms with E-state index in [4.69, 9.17) is 4.74 Å². The van der Waals surface area contributed by atoms with E-state index in [2.05, 4.69) is 26.2 Å². The van der Waals surface area contributed by atoms with Crippen LogP contribution in [0.4, 0.5) is 21.9 Å². The molecule has 1 aliphatic heterocycles. The maximum atomic E-state index is 12.3. The van der Waals surface area contributed by atoms with Crippen LogP contribution in [0, 0.1) is 0 Å². The normalized spacial score (nSPS) is 15.6. The highest BCUT2D eigenvalue weighted by molar-refractivity contribution is 6.05. The van der Waals surface area contributed by atoms with Gasteiger partial charge in [0, 0.05) is 35.3 Å². The second-order valence-electron chi connectivity index (χ2n) is 10.2. The Morgan fingerprint density at radius 3 is 2.31 bits per heavy atom. The van der Waals surface area contributed by atoms with Crippen LogP contribution in [0.1, 0.15) is 39.7 Å². The smallest absolute Gasteiger partial charge is 0.412 e. The first-order valence-corrected chi connectivity index (χ1v) is 12.8. The van der Waals surface area contributed by atoms with E-state index in [9.17, 15) is 34.2 Å². The molecule has 0 bridgehead atoms. The van der Waals surface area contributed by atoms with Crippen LogP contribution in [0.25, 0.3) is 10.8 Å². The monoisotopic (exact) mass is 576 g/mol.